The number of nitro benzene ring substituents is 1. The molecule has 0 saturated carbocycles. The SMILES string of the molecule is COc1ccc(NC(=O)c2cccc(C)c2[N+](=O)[O-])cc1N1CCCCC1=O. The number of carbonyl (C=O) groups excluding carboxylic acids is 2. The van der Waals surface area contributed by atoms with Gasteiger partial charge in [0.25, 0.3) is 11.6 Å². The smallest absolute Gasteiger partial charge is 0.285 e. The number of hydrogen-bond acceptors (Lipinski definition) is 5. The van der Waals surface area contributed by atoms with Crippen LogP contribution >= 0.6 is 0 Å². The van der Waals surface area contributed by atoms with Crippen molar-refractivity contribution in [3.63, 3.8) is 0 Å². The van der Waals surface area contributed by atoms with Crippen molar-refractivity contribution in [3.05, 3.63) is 57.6 Å². The van der Waals surface area contributed by atoms with Crippen molar-refractivity contribution >= 4 is 28.9 Å². The molecule has 28 heavy (non-hydrogen) atoms. The monoisotopic (exact) mass is 383 g/mol. The summed E-state index contributed by atoms with van der Waals surface area (Å²) in [6.45, 7) is 2.16. The summed E-state index contributed by atoms with van der Waals surface area (Å²) >= 11 is 0. The second-order valence-electron chi connectivity index (χ2n) is 6.57. The summed E-state index contributed by atoms with van der Waals surface area (Å²) in [5.74, 6) is -0.0615. The predicted molar refractivity (Wildman–Crippen MR) is 105 cm³/mol. The molecule has 0 bridgehead atoms. The lowest BCUT2D eigenvalue weighted by atomic mass is 10.1. The van der Waals surface area contributed by atoms with Gasteiger partial charge >= 0.3 is 0 Å². The normalized spacial score (nSPS) is 13.9. The minimum Gasteiger partial charge on any atom is -0.495 e. The van der Waals surface area contributed by atoms with Gasteiger partial charge in [0.1, 0.15) is 11.3 Å². The number of hydrogen-bond donors (Lipinski definition) is 1. The average molecular weight is 383 g/mol. The molecule has 8 nitrogen and oxygen atoms in total. The molecule has 2 amide bonds. The van der Waals surface area contributed by atoms with Gasteiger partial charge in [0.05, 0.1) is 17.7 Å². The molecule has 1 fully saturated rings. The number of piperidine rings is 1. The lowest BCUT2D eigenvalue weighted by Gasteiger charge is -2.28. The molecule has 2 aromatic rings. The molecule has 0 radical (unpaired) electrons. The molecule has 8 heteroatoms. The van der Waals surface area contributed by atoms with E-state index in [0.29, 0.717) is 35.7 Å². The summed E-state index contributed by atoms with van der Waals surface area (Å²) in [4.78, 5) is 37.4. The highest BCUT2D eigenvalue weighted by atomic mass is 16.6. The molecule has 0 aromatic heterocycles. The highest BCUT2D eigenvalue weighted by Crippen LogP contribution is 2.34. The van der Waals surface area contributed by atoms with Gasteiger partial charge in [-0.1, -0.05) is 12.1 Å². The van der Waals surface area contributed by atoms with Crippen LogP contribution in [0, 0.1) is 17.0 Å². The Morgan fingerprint density at radius 3 is 2.71 bits per heavy atom. The number of nitrogens with one attached hydrogen (secondary N) is 1. The molecular weight excluding hydrogens is 362 g/mol. The van der Waals surface area contributed by atoms with Crippen molar-refractivity contribution in [2.24, 2.45) is 0 Å². The van der Waals surface area contributed by atoms with Crippen molar-refractivity contribution in [1.82, 2.24) is 0 Å². The third-order valence-electron chi connectivity index (χ3n) is 4.72. The topological polar surface area (TPSA) is 102 Å². The van der Waals surface area contributed by atoms with Crippen LogP contribution in [0.15, 0.2) is 36.4 Å². The Hall–Kier alpha value is -3.42. The molecule has 1 aliphatic rings. The first-order valence-corrected chi connectivity index (χ1v) is 8.96. The van der Waals surface area contributed by atoms with E-state index >= 15 is 0 Å². The number of carbonyl (C=O) groups is 2. The molecule has 1 heterocycles. The van der Waals surface area contributed by atoms with Crippen LogP contribution in [0.25, 0.3) is 0 Å². The van der Waals surface area contributed by atoms with Crippen molar-refractivity contribution in [1.29, 1.82) is 0 Å². The Morgan fingerprint density at radius 1 is 1.25 bits per heavy atom. The van der Waals surface area contributed by atoms with Gasteiger partial charge in [-0.3, -0.25) is 19.7 Å². The molecule has 0 unspecified atom stereocenters. The number of nitro groups is 1. The number of anilines is 2. The Labute approximate surface area is 162 Å². The lowest BCUT2D eigenvalue weighted by Crippen LogP contribution is -2.35. The fourth-order valence-electron chi connectivity index (χ4n) is 3.32. The van der Waals surface area contributed by atoms with Crippen LogP contribution in [-0.2, 0) is 4.79 Å². The van der Waals surface area contributed by atoms with E-state index in [1.807, 2.05) is 0 Å². The lowest BCUT2D eigenvalue weighted by molar-refractivity contribution is -0.385. The number of para-hydroxylation sites is 1. The number of rotatable bonds is 5. The summed E-state index contributed by atoms with van der Waals surface area (Å²) in [6, 6.07) is 9.56. The fourth-order valence-corrected chi connectivity index (χ4v) is 3.32. The first kappa shape index (κ1) is 19.3. The van der Waals surface area contributed by atoms with E-state index in [0.717, 1.165) is 12.8 Å². The quantitative estimate of drug-likeness (QED) is 0.627. The summed E-state index contributed by atoms with van der Waals surface area (Å²) in [7, 11) is 1.52. The molecule has 1 saturated heterocycles. The molecular formula is C20H21N3O5. The van der Waals surface area contributed by atoms with Gasteiger partial charge in [-0.05, 0) is 44.0 Å². The third kappa shape index (κ3) is 3.80. The zero-order valence-corrected chi connectivity index (χ0v) is 15.7. The van der Waals surface area contributed by atoms with Crippen LogP contribution < -0.4 is 15.0 Å². The molecule has 3 rings (SSSR count). The van der Waals surface area contributed by atoms with Crippen LogP contribution in [0.5, 0.6) is 5.75 Å². The summed E-state index contributed by atoms with van der Waals surface area (Å²) in [6.07, 6.45) is 2.21. The summed E-state index contributed by atoms with van der Waals surface area (Å²) in [5, 5.41) is 14.0. The summed E-state index contributed by atoms with van der Waals surface area (Å²) in [5.41, 5.74) is 1.17. The molecule has 146 valence electrons. The van der Waals surface area contributed by atoms with Crippen LogP contribution in [0.2, 0.25) is 0 Å². The predicted octanol–water partition coefficient (Wildman–Crippen LogP) is 3.68. The Morgan fingerprint density at radius 2 is 2.04 bits per heavy atom. The number of amides is 2. The molecule has 0 spiro atoms. The van der Waals surface area contributed by atoms with Gasteiger partial charge in [0, 0.05) is 24.2 Å². The molecule has 0 atom stereocenters. The third-order valence-corrected chi connectivity index (χ3v) is 4.72. The van der Waals surface area contributed by atoms with E-state index in [-0.39, 0.29) is 17.2 Å². The number of methoxy groups -OCH3 is 1. The summed E-state index contributed by atoms with van der Waals surface area (Å²) < 4.78 is 5.36. The Kier molecular flexibility index (Phi) is 5.58. The zero-order chi connectivity index (χ0) is 20.3. The second kappa shape index (κ2) is 8.08. The van der Waals surface area contributed by atoms with Crippen molar-refractivity contribution < 1.29 is 19.2 Å². The standard InChI is InChI=1S/C20H21N3O5/c1-13-6-5-7-15(19(13)23(26)27)20(25)21-14-9-10-17(28-2)16(12-14)22-11-4-3-8-18(22)24/h5-7,9-10,12H,3-4,8,11H2,1-2H3,(H,21,25). The second-order valence-corrected chi connectivity index (χ2v) is 6.57. The van der Waals surface area contributed by atoms with Gasteiger partial charge in [-0.15, -0.1) is 0 Å². The zero-order valence-electron chi connectivity index (χ0n) is 15.7. The van der Waals surface area contributed by atoms with E-state index in [4.69, 9.17) is 4.74 Å². The van der Waals surface area contributed by atoms with Crippen LogP contribution in [0.1, 0.15) is 35.2 Å². The number of ether oxygens (including phenoxy) is 1. The Balaban J connectivity index is 1.92. The first-order valence-electron chi connectivity index (χ1n) is 8.96. The van der Waals surface area contributed by atoms with Gasteiger partial charge in [-0.25, -0.2) is 0 Å². The van der Waals surface area contributed by atoms with E-state index < -0.39 is 10.8 Å². The maximum Gasteiger partial charge on any atom is 0.285 e. The van der Waals surface area contributed by atoms with Gasteiger partial charge in [0.2, 0.25) is 5.91 Å². The van der Waals surface area contributed by atoms with E-state index in [1.54, 1.807) is 42.2 Å². The molecule has 2 aromatic carbocycles. The van der Waals surface area contributed by atoms with Crippen molar-refractivity contribution in [2.75, 3.05) is 23.9 Å². The highest BCUT2D eigenvalue weighted by molar-refractivity contribution is 6.08. The van der Waals surface area contributed by atoms with Crippen molar-refractivity contribution in [3.8, 4) is 5.75 Å². The van der Waals surface area contributed by atoms with Gasteiger partial charge < -0.3 is 15.0 Å². The molecule has 0 aliphatic carbocycles. The van der Waals surface area contributed by atoms with Crippen molar-refractivity contribution in [2.45, 2.75) is 26.2 Å². The average Bonchev–Trinajstić information content (AvgIpc) is 2.67. The number of benzene rings is 2. The van der Waals surface area contributed by atoms with Gasteiger partial charge in [-0.2, -0.15) is 0 Å². The Bertz CT molecular complexity index is 941. The molecule has 1 N–H and O–H groups in total. The van der Waals surface area contributed by atoms with E-state index in [2.05, 4.69) is 5.32 Å². The minimum atomic E-state index is -0.587. The molecule has 1 aliphatic heterocycles. The van der Waals surface area contributed by atoms with E-state index in [1.165, 1.54) is 13.2 Å². The fraction of sp³-hybridized carbons (Fsp3) is 0.300. The number of aryl methyl sites for hydroxylation is 1. The maximum atomic E-state index is 12.7. The van der Waals surface area contributed by atoms with Gasteiger partial charge in [0.15, 0.2) is 0 Å². The maximum absolute atomic E-state index is 12.7. The van der Waals surface area contributed by atoms with Crippen LogP contribution in [0.4, 0.5) is 17.1 Å². The van der Waals surface area contributed by atoms with Crippen LogP contribution in [-0.4, -0.2) is 30.4 Å². The highest BCUT2D eigenvalue weighted by Gasteiger charge is 2.25. The van der Waals surface area contributed by atoms with Crippen LogP contribution in [0.3, 0.4) is 0 Å². The minimum absolute atomic E-state index is 0.00217. The first-order chi connectivity index (χ1) is 13.4. The van der Waals surface area contributed by atoms with E-state index in [9.17, 15) is 19.7 Å². The number of nitrogens with zero attached hydrogens (tertiary/aromatic N) is 2. The largest absolute Gasteiger partial charge is 0.495 e.